The Morgan fingerprint density at radius 1 is 1.06 bits per heavy atom. The first-order valence-corrected chi connectivity index (χ1v) is 12.2. The van der Waals surface area contributed by atoms with E-state index in [0.29, 0.717) is 13.0 Å². The highest BCUT2D eigenvalue weighted by Gasteiger charge is 2.23. The highest BCUT2D eigenvalue weighted by molar-refractivity contribution is 5.83. The lowest BCUT2D eigenvalue weighted by Crippen LogP contribution is -2.44. The Kier molecular flexibility index (Phi) is 8.93. The fourth-order valence-electron chi connectivity index (χ4n) is 4.12. The number of ether oxygens (including phenoxy) is 1. The summed E-state index contributed by atoms with van der Waals surface area (Å²) in [5, 5.41) is 17.0. The van der Waals surface area contributed by atoms with E-state index < -0.39 is 17.7 Å². The van der Waals surface area contributed by atoms with Crippen molar-refractivity contribution < 1.29 is 19.4 Å². The lowest BCUT2D eigenvalue weighted by atomic mass is 9.98. The third-order valence-electron chi connectivity index (χ3n) is 5.87. The first kappa shape index (κ1) is 26.3. The van der Waals surface area contributed by atoms with Gasteiger partial charge in [-0.25, -0.2) is 4.79 Å². The zero-order valence-electron chi connectivity index (χ0n) is 21.1. The van der Waals surface area contributed by atoms with Crippen LogP contribution in [0.5, 0.6) is 0 Å². The van der Waals surface area contributed by atoms with Gasteiger partial charge in [0.15, 0.2) is 0 Å². The SMILES string of the molecule is Cc1ccc(CCC(CNC(=O)OC(C)(C)C)N[C@@H](CCC(=O)O)c2c[nH]c3ccccc23)cc1. The fourth-order valence-corrected chi connectivity index (χ4v) is 4.12. The molecule has 1 amide bonds. The van der Waals surface area contributed by atoms with Crippen LogP contribution in [0.3, 0.4) is 0 Å². The van der Waals surface area contributed by atoms with E-state index >= 15 is 0 Å². The molecule has 0 saturated heterocycles. The van der Waals surface area contributed by atoms with Crippen molar-refractivity contribution in [3.63, 3.8) is 0 Å². The molecule has 0 fully saturated rings. The maximum Gasteiger partial charge on any atom is 0.407 e. The second-order valence-electron chi connectivity index (χ2n) is 10.0. The molecule has 35 heavy (non-hydrogen) atoms. The fraction of sp³-hybridized carbons (Fsp3) is 0.429. The van der Waals surface area contributed by atoms with Crippen molar-refractivity contribution in [2.75, 3.05) is 6.54 Å². The quantitative estimate of drug-likeness (QED) is 0.291. The van der Waals surface area contributed by atoms with E-state index in [4.69, 9.17) is 4.74 Å². The van der Waals surface area contributed by atoms with Crippen LogP contribution in [-0.2, 0) is 16.0 Å². The highest BCUT2D eigenvalue weighted by Crippen LogP contribution is 2.28. The summed E-state index contributed by atoms with van der Waals surface area (Å²) in [6.07, 6.45) is 3.56. The minimum absolute atomic E-state index is 0.0430. The zero-order chi connectivity index (χ0) is 25.4. The summed E-state index contributed by atoms with van der Waals surface area (Å²) in [7, 11) is 0. The molecule has 7 heteroatoms. The van der Waals surface area contributed by atoms with E-state index in [0.717, 1.165) is 29.3 Å². The number of H-pyrrole nitrogens is 1. The summed E-state index contributed by atoms with van der Waals surface area (Å²) in [4.78, 5) is 27.0. The lowest BCUT2D eigenvalue weighted by molar-refractivity contribution is -0.137. The van der Waals surface area contributed by atoms with Gasteiger partial charge < -0.3 is 25.5 Å². The third kappa shape index (κ3) is 8.44. The Morgan fingerprint density at radius 3 is 2.46 bits per heavy atom. The van der Waals surface area contributed by atoms with Gasteiger partial charge in [0.2, 0.25) is 0 Å². The van der Waals surface area contributed by atoms with E-state index in [2.05, 4.69) is 46.8 Å². The van der Waals surface area contributed by atoms with Gasteiger partial charge in [0.25, 0.3) is 0 Å². The number of benzene rings is 2. The summed E-state index contributed by atoms with van der Waals surface area (Å²) in [6.45, 7) is 7.93. The summed E-state index contributed by atoms with van der Waals surface area (Å²) >= 11 is 0. The van der Waals surface area contributed by atoms with Crippen molar-refractivity contribution in [3.8, 4) is 0 Å². The Labute approximate surface area is 207 Å². The van der Waals surface area contributed by atoms with Gasteiger partial charge in [-0.1, -0.05) is 48.0 Å². The van der Waals surface area contributed by atoms with Crippen molar-refractivity contribution in [1.29, 1.82) is 0 Å². The average Bonchev–Trinajstić information content (AvgIpc) is 3.22. The monoisotopic (exact) mass is 479 g/mol. The lowest BCUT2D eigenvalue weighted by Gasteiger charge is -2.27. The molecule has 3 rings (SSSR count). The molecule has 0 aliphatic carbocycles. The highest BCUT2D eigenvalue weighted by atomic mass is 16.6. The molecule has 188 valence electrons. The van der Waals surface area contributed by atoms with E-state index in [-0.39, 0.29) is 18.5 Å². The molecule has 0 aliphatic heterocycles. The van der Waals surface area contributed by atoms with Gasteiger partial charge >= 0.3 is 12.1 Å². The molecular formula is C28H37N3O4. The van der Waals surface area contributed by atoms with Gasteiger partial charge in [0, 0.05) is 42.1 Å². The number of carboxylic acids is 1. The Morgan fingerprint density at radius 2 is 1.77 bits per heavy atom. The van der Waals surface area contributed by atoms with Crippen molar-refractivity contribution in [2.45, 2.75) is 71.1 Å². The van der Waals surface area contributed by atoms with E-state index in [1.54, 1.807) is 0 Å². The van der Waals surface area contributed by atoms with Crippen LogP contribution >= 0.6 is 0 Å². The number of hydrogen-bond donors (Lipinski definition) is 4. The molecule has 0 spiro atoms. The van der Waals surface area contributed by atoms with E-state index in [1.165, 1.54) is 11.1 Å². The number of nitrogens with one attached hydrogen (secondary N) is 3. The minimum atomic E-state index is -0.834. The van der Waals surface area contributed by atoms with Crippen LogP contribution in [-0.4, -0.2) is 40.3 Å². The van der Waals surface area contributed by atoms with Crippen LogP contribution in [0.1, 0.15) is 62.8 Å². The third-order valence-corrected chi connectivity index (χ3v) is 5.87. The summed E-state index contributed by atoms with van der Waals surface area (Å²) in [5.74, 6) is -0.834. The summed E-state index contributed by atoms with van der Waals surface area (Å²) < 4.78 is 5.42. The van der Waals surface area contributed by atoms with Crippen molar-refractivity contribution in [1.82, 2.24) is 15.6 Å². The average molecular weight is 480 g/mol. The molecular weight excluding hydrogens is 442 g/mol. The molecule has 0 bridgehead atoms. The Balaban J connectivity index is 1.79. The molecule has 4 N–H and O–H groups in total. The van der Waals surface area contributed by atoms with Crippen LogP contribution in [0.4, 0.5) is 4.79 Å². The number of aryl methyl sites for hydroxylation is 2. The van der Waals surface area contributed by atoms with Crippen LogP contribution < -0.4 is 10.6 Å². The van der Waals surface area contributed by atoms with Crippen LogP contribution in [0, 0.1) is 6.92 Å². The summed E-state index contributed by atoms with van der Waals surface area (Å²) in [6, 6.07) is 16.1. The second-order valence-corrected chi connectivity index (χ2v) is 10.0. The standard InChI is InChI=1S/C28H37N3O4/c1-19-9-11-20(12-10-19)13-14-21(17-30-27(34)35-28(2,3)4)31-25(15-16-26(32)33)23-18-29-24-8-6-5-7-22(23)24/h5-12,18,21,25,29,31H,13-17H2,1-4H3,(H,30,34)(H,32,33)/t21?,25-/m0/s1. The molecule has 1 heterocycles. The molecule has 3 aromatic rings. The smallest absolute Gasteiger partial charge is 0.407 e. The number of aromatic nitrogens is 1. The molecule has 1 aromatic heterocycles. The Bertz CT molecular complexity index is 1120. The van der Waals surface area contributed by atoms with Gasteiger partial charge in [-0.05, 0) is 64.2 Å². The number of carboxylic acid groups (broad SMARTS) is 1. The molecule has 2 atom stereocenters. The first-order chi connectivity index (χ1) is 16.6. The summed E-state index contributed by atoms with van der Waals surface area (Å²) in [5.41, 5.74) is 3.88. The molecule has 0 saturated carbocycles. The number of amides is 1. The van der Waals surface area contributed by atoms with Gasteiger partial charge in [0.05, 0.1) is 0 Å². The number of rotatable bonds is 11. The normalized spacial score (nSPS) is 13.4. The number of carbonyl (C=O) groups excluding carboxylic acids is 1. The van der Waals surface area contributed by atoms with Gasteiger partial charge in [-0.2, -0.15) is 0 Å². The van der Waals surface area contributed by atoms with Crippen molar-refractivity contribution in [3.05, 3.63) is 71.4 Å². The van der Waals surface area contributed by atoms with E-state index in [9.17, 15) is 14.7 Å². The molecule has 2 aromatic carbocycles. The molecule has 7 nitrogen and oxygen atoms in total. The zero-order valence-corrected chi connectivity index (χ0v) is 21.1. The maximum atomic E-state index is 12.3. The number of fused-ring (bicyclic) bond motifs is 1. The first-order valence-electron chi connectivity index (χ1n) is 12.2. The number of alkyl carbamates (subject to hydrolysis) is 1. The number of aromatic amines is 1. The predicted molar refractivity (Wildman–Crippen MR) is 139 cm³/mol. The maximum absolute atomic E-state index is 12.3. The Hall–Kier alpha value is -3.32. The van der Waals surface area contributed by atoms with Crippen molar-refractivity contribution in [2.24, 2.45) is 0 Å². The van der Waals surface area contributed by atoms with Crippen LogP contribution in [0.25, 0.3) is 10.9 Å². The minimum Gasteiger partial charge on any atom is -0.481 e. The number of hydrogen-bond acceptors (Lipinski definition) is 4. The largest absolute Gasteiger partial charge is 0.481 e. The van der Waals surface area contributed by atoms with Gasteiger partial charge in [0.1, 0.15) is 5.60 Å². The number of aliphatic carboxylic acids is 1. The molecule has 0 radical (unpaired) electrons. The van der Waals surface area contributed by atoms with Gasteiger partial charge in [-0.3, -0.25) is 4.79 Å². The molecule has 1 unspecified atom stereocenters. The second kappa shape index (κ2) is 11.9. The predicted octanol–water partition coefficient (Wildman–Crippen LogP) is 5.50. The topological polar surface area (TPSA) is 103 Å². The van der Waals surface area contributed by atoms with Gasteiger partial charge in [-0.15, -0.1) is 0 Å². The number of para-hydroxylation sites is 1. The van der Waals surface area contributed by atoms with E-state index in [1.807, 2.05) is 51.2 Å². The van der Waals surface area contributed by atoms with Crippen LogP contribution in [0.2, 0.25) is 0 Å². The van der Waals surface area contributed by atoms with Crippen LogP contribution in [0.15, 0.2) is 54.7 Å². The van der Waals surface area contributed by atoms with Crippen molar-refractivity contribution >= 4 is 23.0 Å². The number of carbonyl (C=O) groups is 2. The molecule has 0 aliphatic rings.